The van der Waals surface area contributed by atoms with Crippen molar-refractivity contribution in [1.29, 1.82) is 0 Å². The van der Waals surface area contributed by atoms with E-state index in [9.17, 15) is 4.79 Å². The highest BCUT2D eigenvalue weighted by molar-refractivity contribution is 5.77. The number of esters is 1. The molecule has 0 amide bonds. The molecule has 19 heavy (non-hydrogen) atoms. The monoisotopic (exact) mass is 262 g/mol. The van der Waals surface area contributed by atoms with Gasteiger partial charge in [0.25, 0.3) is 0 Å². The Kier molecular flexibility index (Phi) is 3.99. The molecule has 0 aromatic carbocycles. The summed E-state index contributed by atoms with van der Waals surface area (Å²) < 4.78 is 6.63. The molecule has 0 saturated carbocycles. The van der Waals surface area contributed by atoms with E-state index in [4.69, 9.17) is 4.74 Å². The van der Waals surface area contributed by atoms with Crippen LogP contribution < -0.4 is 5.32 Å². The second-order valence-corrected chi connectivity index (χ2v) is 4.49. The second kappa shape index (κ2) is 5.69. The predicted molar refractivity (Wildman–Crippen MR) is 72.2 cm³/mol. The van der Waals surface area contributed by atoms with Crippen LogP contribution in [-0.4, -0.2) is 33.7 Å². The van der Waals surface area contributed by atoms with Gasteiger partial charge in [-0.15, -0.1) is 0 Å². The van der Waals surface area contributed by atoms with E-state index in [2.05, 4.69) is 29.2 Å². The molecule has 2 heterocycles. The minimum atomic E-state index is -0.296. The van der Waals surface area contributed by atoms with E-state index in [-0.39, 0.29) is 12.5 Å². The molecule has 0 aliphatic heterocycles. The summed E-state index contributed by atoms with van der Waals surface area (Å²) in [6.07, 6.45) is 3.44. The summed E-state index contributed by atoms with van der Waals surface area (Å²) in [5, 5.41) is 7.43. The molecule has 2 aromatic heterocycles. The van der Waals surface area contributed by atoms with E-state index in [1.807, 2.05) is 6.07 Å². The number of carbonyl (C=O) groups excluding carboxylic acids is 1. The van der Waals surface area contributed by atoms with Gasteiger partial charge in [0, 0.05) is 12.4 Å². The molecule has 0 spiro atoms. The third-order valence-electron chi connectivity index (χ3n) is 2.71. The quantitative estimate of drug-likeness (QED) is 0.832. The fourth-order valence-electron chi connectivity index (χ4n) is 1.73. The Labute approximate surface area is 111 Å². The third-order valence-corrected chi connectivity index (χ3v) is 2.71. The van der Waals surface area contributed by atoms with Gasteiger partial charge in [0.05, 0.1) is 12.3 Å². The van der Waals surface area contributed by atoms with Gasteiger partial charge >= 0.3 is 5.97 Å². The molecular formula is C13H18N4O2. The van der Waals surface area contributed by atoms with Crippen molar-refractivity contribution in [2.75, 3.05) is 18.5 Å². The van der Waals surface area contributed by atoms with Crippen LogP contribution in [0.5, 0.6) is 0 Å². The van der Waals surface area contributed by atoms with Gasteiger partial charge in [-0.25, -0.2) is 9.50 Å². The number of carbonyl (C=O) groups is 1. The van der Waals surface area contributed by atoms with E-state index < -0.39 is 0 Å². The smallest absolute Gasteiger partial charge is 0.325 e. The number of nitrogens with one attached hydrogen (secondary N) is 1. The van der Waals surface area contributed by atoms with Crippen LogP contribution in [0.4, 0.5) is 5.82 Å². The molecule has 102 valence electrons. The minimum Gasteiger partial charge on any atom is -0.465 e. The van der Waals surface area contributed by atoms with Crippen molar-refractivity contribution in [3.8, 4) is 0 Å². The van der Waals surface area contributed by atoms with Crippen molar-refractivity contribution < 1.29 is 9.53 Å². The first kappa shape index (κ1) is 13.3. The standard InChI is InChI=1S/C13H18N4O2/c1-4-19-12(18)8-15-13-11-7-10(9(2)3)16-17(11)6-5-14-13/h5-7,9H,4,8H2,1-3H3,(H,14,15). The van der Waals surface area contributed by atoms with Crippen LogP contribution in [0.3, 0.4) is 0 Å². The van der Waals surface area contributed by atoms with Gasteiger partial charge in [0.15, 0.2) is 5.82 Å². The van der Waals surface area contributed by atoms with Gasteiger partial charge in [0.1, 0.15) is 12.1 Å². The predicted octanol–water partition coefficient (Wildman–Crippen LogP) is 1.83. The average molecular weight is 262 g/mol. The Hall–Kier alpha value is -2.11. The maximum atomic E-state index is 11.3. The van der Waals surface area contributed by atoms with Crippen molar-refractivity contribution in [2.45, 2.75) is 26.7 Å². The Morgan fingerprint density at radius 2 is 2.32 bits per heavy atom. The van der Waals surface area contributed by atoms with E-state index in [0.29, 0.717) is 18.3 Å². The summed E-state index contributed by atoms with van der Waals surface area (Å²) in [6.45, 7) is 6.43. The summed E-state index contributed by atoms with van der Waals surface area (Å²) in [6, 6.07) is 1.98. The summed E-state index contributed by atoms with van der Waals surface area (Å²) in [5.74, 6) is 0.683. The maximum absolute atomic E-state index is 11.3. The maximum Gasteiger partial charge on any atom is 0.325 e. The van der Waals surface area contributed by atoms with Gasteiger partial charge in [-0.2, -0.15) is 5.10 Å². The van der Waals surface area contributed by atoms with Crippen LogP contribution in [0.15, 0.2) is 18.5 Å². The average Bonchev–Trinajstić information content (AvgIpc) is 2.81. The van der Waals surface area contributed by atoms with Crippen LogP contribution >= 0.6 is 0 Å². The second-order valence-electron chi connectivity index (χ2n) is 4.49. The SMILES string of the molecule is CCOC(=O)CNc1nccn2nc(C(C)C)cc12. The Morgan fingerprint density at radius 3 is 3.00 bits per heavy atom. The molecule has 0 saturated heterocycles. The highest BCUT2D eigenvalue weighted by Crippen LogP contribution is 2.19. The van der Waals surface area contributed by atoms with E-state index in [1.165, 1.54) is 0 Å². The lowest BCUT2D eigenvalue weighted by molar-refractivity contribution is -0.140. The molecule has 0 atom stereocenters. The first-order chi connectivity index (χ1) is 9.11. The largest absolute Gasteiger partial charge is 0.465 e. The lowest BCUT2D eigenvalue weighted by Gasteiger charge is -2.06. The topological polar surface area (TPSA) is 68.5 Å². The number of anilines is 1. The zero-order valence-corrected chi connectivity index (χ0v) is 11.4. The Morgan fingerprint density at radius 1 is 1.53 bits per heavy atom. The summed E-state index contributed by atoms with van der Waals surface area (Å²) in [4.78, 5) is 15.6. The number of fused-ring (bicyclic) bond motifs is 1. The molecular weight excluding hydrogens is 244 g/mol. The van der Waals surface area contributed by atoms with Crippen LogP contribution in [0.1, 0.15) is 32.4 Å². The molecule has 6 heteroatoms. The van der Waals surface area contributed by atoms with Crippen molar-refractivity contribution in [1.82, 2.24) is 14.6 Å². The number of ether oxygens (including phenoxy) is 1. The van der Waals surface area contributed by atoms with Crippen molar-refractivity contribution >= 4 is 17.3 Å². The summed E-state index contributed by atoms with van der Waals surface area (Å²) in [7, 11) is 0. The number of nitrogens with zero attached hydrogens (tertiary/aromatic N) is 3. The van der Waals surface area contributed by atoms with Crippen LogP contribution in [0, 0.1) is 0 Å². The number of aromatic nitrogens is 3. The van der Waals surface area contributed by atoms with Crippen LogP contribution in [0.25, 0.3) is 5.52 Å². The zero-order valence-electron chi connectivity index (χ0n) is 11.4. The number of hydrogen-bond donors (Lipinski definition) is 1. The summed E-state index contributed by atoms with van der Waals surface area (Å²) in [5.41, 5.74) is 1.85. The molecule has 0 bridgehead atoms. The molecule has 0 aliphatic rings. The zero-order chi connectivity index (χ0) is 13.8. The minimum absolute atomic E-state index is 0.0999. The number of hydrogen-bond acceptors (Lipinski definition) is 5. The van der Waals surface area contributed by atoms with Crippen molar-refractivity contribution in [2.24, 2.45) is 0 Å². The number of rotatable bonds is 5. The first-order valence-corrected chi connectivity index (χ1v) is 6.35. The fourth-order valence-corrected chi connectivity index (χ4v) is 1.73. The van der Waals surface area contributed by atoms with Gasteiger partial charge in [-0.05, 0) is 18.9 Å². The normalized spacial score (nSPS) is 10.9. The Bertz CT molecular complexity index is 577. The van der Waals surface area contributed by atoms with E-state index in [1.54, 1.807) is 23.8 Å². The van der Waals surface area contributed by atoms with Gasteiger partial charge in [-0.3, -0.25) is 4.79 Å². The van der Waals surface area contributed by atoms with Gasteiger partial charge < -0.3 is 10.1 Å². The molecule has 0 aliphatic carbocycles. The van der Waals surface area contributed by atoms with Crippen LogP contribution in [0.2, 0.25) is 0 Å². The molecule has 0 radical (unpaired) electrons. The molecule has 0 unspecified atom stereocenters. The first-order valence-electron chi connectivity index (χ1n) is 6.35. The van der Waals surface area contributed by atoms with Crippen LogP contribution in [-0.2, 0) is 9.53 Å². The molecule has 2 rings (SSSR count). The molecule has 6 nitrogen and oxygen atoms in total. The third kappa shape index (κ3) is 3.01. The lowest BCUT2D eigenvalue weighted by atomic mass is 10.1. The van der Waals surface area contributed by atoms with Crippen molar-refractivity contribution in [3.63, 3.8) is 0 Å². The molecule has 2 aromatic rings. The van der Waals surface area contributed by atoms with Gasteiger partial charge in [-0.1, -0.05) is 13.8 Å². The lowest BCUT2D eigenvalue weighted by Crippen LogP contribution is -2.17. The fraction of sp³-hybridized carbons (Fsp3) is 0.462. The van der Waals surface area contributed by atoms with Crippen molar-refractivity contribution in [3.05, 3.63) is 24.2 Å². The molecule has 0 fully saturated rings. The highest BCUT2D eigenvalue weighted by Gasteiger charge is 2.10. The molecule has 1 N–H and O–H groups in total. The Balaban J connectivity index is 2.20. The summed E-state index contributed by atoms with van der Waals surface area (Å²) >= 11 is 0. The van der Waals surface area contributed by atoms with E-state index >= 15 is 0 Å². The van der Waals surface area contributed by atoms with E-state index in [0.717, 1.165) is 11.2 Å². The highest BCUT2D eigenvalue weighted by atomic mass is 16.5. The van der Waals surface area contributed by atoms with Gasteiger partial charge in [0.2, 0.25) is 0 Å².